The first-order valence-corrected chi connectivity index (χ1v) is 10.2. The van der Waals surface area contributed by atoms with Gasteiger partial charge in [-0.25, -0.2) is 0 Å². The monoisotopic (exact) mass is 359 g/mol. The van der Waals surface area contributed by atoms with Gasteiger partial charge in [-0.3, -0.25) is 4.68 Å². The second-order valence-corrected chi connectivity index (χ2v) is 7.47. The Morgan fingerprint density at radius 1 is 1.00 bits per heavy atom. The molecule has 1 aromatic heterocycles. The summed E-state index contributed by atoms with van der Waals surface area (Å²) >= 11 is 0. The predicted octanol–water partition coefficient (Wildman–Crippen LogP) is 4.82. The average Bonchev–Trinajstić information content (AvgIpc) is 3.15. The van der Waals surface area contributed by atoms with E-state index >= 15 is 0 Å². The molecule has 0 saturated carbocycles. The SMILES string of the molecule is CCNC1CCc2cc(CC)nn2C1Cc1cccc(-c2ccccc2)c1. The third kappa shape index (κ3) is 3.84. The van der Waals surface area contributed by atoms with Crippen molar-refractivity contribution in [2.24, 2.45) is 0 Å². The quantitative estimate of drug-likeness (QED) is 0.684. The van der Waals surface area contributed by atoms with Gasteiger partial charge in [-0.2, -0.15) is 5.10 Å². The highest BCUT2D eigenvalue weighted by Crippen LogP contribution is 2.30. The molecule has 0 aliphatic carbocycles. The third-order valence-electron chi connectivity index (χ3n) is 5.66. The molecular weight excluding hydrogens is 330 g/mol. The highest BCUT2D eigenvalue weighted by atomic mass is 15.3. The molecule has 2 aromatic carbocycles. The van der Waals surface area contributed by atoms with Gasteiger partial charge in [0.05, 0.1) is 11.7 Å². The number of likely N-dealkylation sites (N-methyl/N-ethyl adjacent to an activating group) is 1. The molecule has 4 rings (SSSR count). The second-order valence-electron chi connectivity index (χ2n) is 7.47. The van der Waals surface area contributed by atoms with Crippen LogP contribution in [0.5, 0.6) is 0 Å². The largest absolute Gasteiger partial charge is 0.312 e. The lowest BCUT2D eigenvalue weighted by Crippen LogP contribution is -2.42. The summed E-state index contributed by atoms with van der Waals surface area (Å²) in [6.07, 6.45) is 4.31. The summed E-state index contributed by atoms with van der Waals surface area (Å²) in [7, 11) is 0. The van der Waals surface area contributed by atoms with E-state index in [2.05, 4.69) is 84.5 Å². The third-order valence-corrected chi connectivity index (χ3v) is 5.66. The van der Waals surface area contributed by atoms with E-state index in [0.717, 1.165) is 25.8 Å². The molecule has 140 valence electrons. The van der Waals surface area contributed by atoms with Crippen LogP contribution in [-0.4, -0.2) is 22.4 Å². The van der Waals surface area contributed by atoms with Crippen molar-refractivity contribution >= 4 is 0 Å². The summed E-state index contributed by atoms with van der Waals surface area (Å²) < 4.78 is 2.31. The number of aryl methyl sites for hydroxylation is 2. The Morgan fingerprint density at radius 2 is 1.81 bits per heavy atom. The average molecular weight is 360 g/mol. The van der Waals surface area contributed by atoms with Crippen LogP contribution in [-0.2, 0) is 19.3 Å². The molecule has 2 heterocycles. The van der Waals surface area contributed by atoms with Crippen LogP contribution in [0.15, 0.2) is 60.7 Å². The second kappa shape index (κ2) is 8.10. The molecule has 27 heavy (non-hydrogen) atoms. The van der Waals surface area contributed by atoms with Crippen LogP contribution in [0.4, 0.5) is 0 Å². The first kappa shape index (κ1) is 18.0. The standard InChI is InChI=1S/C24H29N3/c1-3-21-17-22-13-14-23(25-4-2)24(27(22)26-21)16-18-9-8-12-20(15-18)19-10-6-5-7-11-19/h5-12,15,17,23-25H,3-4,13-14,16H2,1-2H3. The Bertz CT molecular complexity index is 882. The van der Waals surface area contributed by atoms with Crippen molar-refractivity contribution in [3.63, 3.8) is 0 Å². The van der Waals surface area contributed by atoms with E-state index in [-0.39, 0.29) is 0 Å². The van der Waals surface area contributed by atoms with Gasteiger partial charge < -0.3 is 5.32 Å². The number of nitrogens with zero attached hydrogens (tertiary/aromatic N) is 2. The van der Waals surface area contributed by atoms with Gasteiger partial charge >= 0.3 is 0 Å². The zero-order chi connectivity index (χ0) is 18.6. The molecule has 0 saturated heterocycles. The summed E-state index contributed by atoms with van der Waals surface area (Å²) in [5, 5.41) is 8.65. The van der Waals surface area contributed by atoms with E-state index in [1.54, 1.807) is 0 Å². The molecule has 0 spiro atoms. The summed E-state index contributed by atoms with van der Waals surface area (Å²) in [6.45, 7) is 5.39. The number of hydrogen-bond donors (Lipinski definition) is 1. The van der Waals surface area contributed by atoms with E-state index in [1.165, 1.54) is 34.5 Å². The van der Waals surface area contributed by atoms with Gasteiger partial charge in [-0.05, 0) is 55.0 Å². The lowest BCUT2D eigenvalue weighted by Gasteiger charge is -2.34. The van der Waals surface area contributed by atoms with Crippen LogP contribution in [0.3, 0.4) is 0 Å². The first-order valence-electron chi connectivity index (χ1n) is 10.2. The Balaban J connectivity index is 1.64. The maximum Gasteiger partial charge on any atom is 0.0715 e. The van der Waals surface area contributed by atoms with Gasteiger partial charge in [-0.15, -0.1) is 0 Å². The maximum absolute atomic E-state index is 4.94. The molecule has 0 amide bonds. The molecular formula is C24H29N3. The van der Waals surface area contributed by atoms with Crippen LogP contribution < -0.4 is 5.32 Å². The zero-order valence-corrected chi connectivity index (χ0v) is 16.4. The highest BCUT2D eigenvalue weighted by Gasteiger charge is 2.30. The summed E-state index contributed by atoms with van der Waals surface area (Å²) in [4.78, 5) is 0. The number of aromatic nitrogens is 2. The molecule has 1 aliphatic rings. The summed E-state index contributed by atoms with van der Waals surface area (Å²) in [6, 6.07) is 22.8. The fourth-order valence-corrected chi connectivity index (χ4v) is 4.28. The lowest BCUT2D eigenvalue weighted by molar-refractivity contribution is 0.275. The van der Waals surface area contributed by atoms with Crippen molar-refractivity contribution in [2.75, 3.05) is 6.54 Å². The van der Waals surface area contributed by atoms with Gasteiger partial charge in [0.15, 0.2) is 0 Å². The van der Waals surface area contributed by atoms with Crippen molar-refractivity contribution < 1.29 is 0 Å². The molecule has 0 radical (unpaired) electrons. The number of fused-ring (bicyclic) bond motifs is 1. The normalized spacial score (nSPS) is 19.0. The molecule has 0 bridgehead atoms. The minimum atomic E-state index is 0.375. The molecule has 3 aromatic rings. The lowest BCUT2D eigenvalue weighted by atomic mass is 9.91. The van der Waals surface area contributed by atoms with Crippen molar-refractivity contribution in [3.8, 4) is 11.1 Å². The molecule has 0 fully saturated rings. The van der Waals surface area contributed by atoms with Crippen LogP contribution in [0.25, 0.3) is 11.1 Å². The molecule has 1 N–H and O–H groups in total. The first-order chi connectivity index (χ1) is 13.3. The van der Waals surface area contributed by atoms with Crippen LogP contribution in [0, 0.1) is 0 Å². The highest BCUT2D eigenvalue weighted by molar-refractivity contribution is 5.63. The maximum atomic E-state index is 4.94. The van der Waals surface area contributed by atoms with E-state index in [4.69, 9.17) is 5.10 Å². The Labute approximate surface area is 162 Å². The van der Waals surface area contributed by atoms with Crippen LogP contribution in [0.2, 0.25) is 0 Å². The topological polar surface area (TPSA) is 29.9 Å². The molecule has 3 nitrogen and oxygen atoms in total. The Hall–Kier alpha value is -2.39. The molecule has 2 atom stereocenters. The van der Waals surface area contributed by atoms with Crippen LogP contribution >= 0.6 is 0 Å². The number of hydrogen-bond acceptors (Lipinski definition) is 2. The summed E-state index contributed by atoms with van der Waals surface area (Å²) in [5.41, 5.74) is 6.55. The summed E-state index contributed by atoms with van der Waals surface area (Å²) in [5.74, 6) is 0. The fourth-order valence-electron chi connectivity index (χ4n) is 4.28. The number of nitrogens with one attached hydrogen (secondary N) is 1. The molecule has 3 heteroatoms. The predicted molar refractivity (Wildman–Crippen MR) is 112 cm³/mol. The minimum Gasteiger partial charge on any atom is -0.312 e. The van der Waals surface area contributed by atoms with Gasteiger partial charge in [0, 0.05) is 11.7 Å². The van der Waals surface area contributed by atoms with Gasteiger partial charge in [0.2, 0.25) is 0 Å². The zero-order valence-electron chi connectivity index (χ0n) is 16.4. The van der Waals surface area contributed by atoms with Gasteiger partial charge in [0.25, 0.3) is 0 Å². The van der Waals surface area contributed by atoms with Crippen molar-refractivity contribution in [1.29, 1.82) is 0 Å². The van der Waals surface area contributed by atoms with Crippen molar-refractivity contribution in [1.82, 2.24) is 15.1 Å². The van der Waals surface area contributed by atoms with Gasteiger partial charge in [-0.1, -0.05) is 68.4 Å². The Kier molecular flexibility index (Phi) is 5.40. The van der Waals surface area contributed by atoms with Crippen LogP contribution in [0.1, 0.15) is 43.3 Å². The Morgan fingerprint density at radius 3 is 2.59 bits per heavy atom. The van der Waals surface area contributed by atoms with E-state index in [1.807, 2.05) is 0 Å². The molecule has 2 unspecified atom stereocenters. The fraction of sp³-hybridized carbons (Fsp3) is 0.375. The van der Waals surface area contributed by atoms with E-state index in [0.29, 0.717) is 12.1 Å². The number of benzene rings is 2. The van der Waals surface area contributed by atoms with E-state index < -0.39 is 0 Å². The van der Waals surface area contributed by atoms with E-state index in [9.17, 15) is 0 Å². The van der Waals surface area contributed by atoms with Gasteiger partial charge in [0.1, 0.15) is 0 Å². The minimum absolute atomic E-state index is 0.375. The number of rotatable bonds is 6. The molecule has 1 aliphatic heterocycles. The van der Waals surface area contributed by atoms with Crippen molar-refractivity contribution in [2.45, 2.75) is 51.6 Å². The van der Waals surface area contributed by atoms with Crippen molar-refractivity contribution in [3.05, 3.63) is 77.6 Å². The smallest absolute Gasteiger partial charge is 0.0715 e.